The highest BCUT2D eigenvalue weighted by molar-refractivity contribution is 7.98. The number of nitrogens with one attached hydrogen (secondary N) is 1. The third kappa shape index (κ3) is 6.76. The van der Waals surface area contributed by atoms with Crippen molar-refractivity contribution < 1.29 is 22.8 Å². The van der Waals surface area contributed by atoms with Gasteiger partial charge in [-0.3, -0.25) is 9.36 Å². The molecule has 1 saturated heterocycles. The molecule has 0 saturated carbocycles. The molecule has 3 aromatic carbocycles. The van der Waals surface area contributed by atoms with E-state index in [1.807, 2.05) is 30.5 Å². The second-order valence-electron chi connectivity index (χ2n) is 12.2. The van der Waals surface area contributed by atoms with Gasteiger partial charge in [-0.25, -0.2) is 13.8 Å². The minimum Gasteiger partial charge on any atom is -0.495 e. The Hall–Kier alpha value is -3.11. The first kappa shape index (κ1) is 32.3. The Morgan fingerprint density at radius 1 is 1.11 bits per heavy atom. The number of thioether (sulfide) groups is 1. The molecule has 0 aliphatic carbocycles. The molecule has 11 heteroatoms. The number of nitrogens with zero attached hydrogens (tertiary/aromatic N) is 3. The second kappa shape index (κ2) is 12.7. The van der Waals surface area contributed by atoms with Gasteiger partial charge in [0.1, 0.15) is 17.4 Å². The lowest BCUT2D eigenvalue weighted by molar-refractivity contribution is -0.878. The molecule has 232 valence electrons. The third-order valence-electron chi connectivity index (χ3n) is 8.21. The van der Waals surface area contributed by atoms with Gasteiger partial charge in [0.15, 0.2) is 5.16 Å². The molecule has 1 unspecified atom stereocenters. The van der Waals surface area contributed by atoms with Crippen molar-refractivity contribution >= 4 is 40.9 Å². The standard InChI is InChI=1S/C33H34Cl2F2N4O2S/c1-33(2,21-6-11-26(34)29(16-21)43-5)30-17-38-32(40(30)24-9-7-22(36)8-10-24)44-19-25-27(35)14-20(15-28(25)37)31(42)39-23-12-13-41(3,4)18-23/h6-11,14-17,23H,12-13,18-19H2,1-5H3/p+1. The highest BCUT2D eigenvalue weighted by Crippen LogP contribution is 2.39. The Morgan fingerprint density at radius 3 is 2.48 bits per heavy atom. The normalized spacial score (nSPS) is 16.2. The summed E-state index contributed by atoms with van der Waals surface area (Å²) in [4.78, 5) is 17.6. The van der Waals surface area contributed by atoms with Crippen molar-refractivity contribution in [3.8, 4) is 11.4 Å². The average Bonchev–Trinajstić information content (AvgIpc) is 3.55. The molecule has 1 N–H and O–H groups in total. The van der Waals surface area contributed by atoms with Crippen LogP contribution in [0, 0.1) is 11.6 Å². The van der Waals surface area contributed by atoms with Crippen LogP contribution in [-0.2, 0) is 11.2 Å². The number of benzene rings is 3. The molecule has 0 bridgehead atoms. The lowest BCUT2D eigenvalue weighted by atomic mass is 9.81. The lowest BCUT2D eigenvalue weighted by Crippen LogP contribution is -2.42. The number of likely N-dealkylation sites (N-methyl/N-ethyl adjacent to an activating group) is 1. The van der Waals surface area contributed by atoms with Gasteiger partial charge in [-0.05, 0) is 54.1 Å². The van der Waals surface area contributed by atoms with Gasteiger partial charge in [0.25, 0.3) is 5.91 Å². The number of aromatic nitrogens is 2. The van der Waals surface area contributed by atoms with Crippen molar-refractivity contribution in [1.29, 1.82) is 0 Å². The molecular weight excluding hydrogens is 625 g/mol. The number of carbonyl (C=O) groups excluding carboxylic acids is 1. The van der Waals surface area contributed by atoms with Gasteiger partial charge in [-0.2, -0.15) is 0 Å². The molecule has 1 aliphatic heterocycles. The molecular formula is C33H35Cl2F2N4O2S+. The zero-order valence-corrected chi connectivity index (χ0v) is 27.6. The number of likely N-dealkylation sites (tertiary alicyclic amines) is 1. The minimum absolute atomic E-state index is 0.0345. The summed E-state index contributed by atoms with van der Waals surface area (Å²) in [6, 6.07) is 14.5. The van der Waals surface area contributed by atoms with E-state index in [1.54, 1.807) is 31.5 Å². The molecule has 6 nitrogen and oxygen atoms in total. The summed E-state index contributed by atoms with van der Waals surface area (Å²) in [6.45, 7) is 5.89. The molecule has 4 aromatic rings. The van der Waals surface area contributed by atoms with Crippen molar-refractivity contribution in [3.05, 3.63) is 105 Å². The summed E-state index contributed by atoms with van der Waals surface area (Å²) in [5.74, 6) is -0.553. The number of rotatable bonds is 9. The van der Waals surface area contributed by atoms with Gasteiger partial charge in [0.2, 0.25) is 0 Å². The number of methoxy groups -OCH3 is 1. The maximum absolute atomic E-state index is 15.4. The highest BCUT2D eigenvalue weighted by Gasteiger charge is 2.33. The zero-order chi connectivity index (χ0) is 31.8. The van der Waals surface area contributed by atoms with Crippen LogP contribution in [0.3, 0.4) is 0 Å². The molecule has 2 heterocycles. The smallest absolute Gasteiger partial charge is 0.251 e. The van der Waals surface area contributed by atoms with E-state index >= 15 is 4.39 Å². The zero-order valence-electron chi connectivity index (χ0n) is 25.3. The maximum Gasteiger partial charge on any atom is 0.251 e. The Balaban J connectivity index is 1.43. The van der Waals surface area contributed by atoms with Crippen LogP contribution < -0.4 is 10.1 Å². The second-order valence-corrected chi connectivity index (χ2v) is 14.0. The van der Waals surface area contributed by atoms with Gasteiger partial charge in [0, 0.05) is 39.4 Å². The van der Waals surface area contributed by atoms with Crippen LogP contribution >= 0.6 is 35.0 Å². The molecule has 44 heavy (non-hydrogen) atoms. The van der Waals surface area contributed by atoms with E-state index in [-0.39, 0.29) is 39.7 Å². The van der Waals surface area contributed by atoms with E-state index < -0.39 is 11.2 Å². The molecule has 1 fully saturated rings. The Morgan fingerprint density at radius 2 is 1.84 bits per heavy atom. The van der Waals surface area contributed by atoms with E-state index in [2.05, 4.69) is 19.4 Å². The molecule has 0 radical (unpaired) electrons. The summed E-state index contributed by atoms with van der Waals surface area (Å²) in [7, 11) is 5.80. The average molecular weight is 661 g/mol. The molecule has 1 aromatic heterocycles. The number of amides is 1. The number of carbonyl (C=O) groups is 1. The number of imidazole rings is 1. The maximum atomic E-state index is 15.4. The molecule has 1 amide bonds. The fraction of sp³-hybridized carbons (Fsp3) is 0.333. The quantitative estimate of drug-likeness (QED) is 0.148. The first-order valence-electron chi connectivity index (χ1n) is 14.2. The first-order valence-corrected chi connectivity index (χ1v) is 15.9. The van der Waals surface area contributed by atoms with E-state index in [4.69, 9.17) is 32.9 Å². The van der Waals surface area contributed by atoms with Gasteiger partial charge in [0.05, 0.1) is 57.2 Å². The summed E-state index contributed by atoms with van der Waals surface area (Å²) < 4.78 is 37.5. The van der Waals surface area contributed by atoms with Crippen LogP contribution in [0.25, 0.3) is 5.69 Å². The van der Waals surface area contributed by atoms with Gasteiger partial charge in [-0.1, -0.05) is 54.9 Å². The van der Waals surface area contributed by atoms with E-state index in [1.165, 1.54) is 36.0 Å². The fourth-order valence-electron chi connectivity index (χ4n) is 5.59. The Bertz CT molecular complexity index is 1670. The topological polar surface area (TPSA) is 56.1 Å². The summed E-state index contributed by atoms with van der Waals surface area (Å²) in [5, 5.41) is 4.25. The highest BCUT2D eigenvalue weighted by atomic mass is 35.5. The van der Waals surface area contributed by atoms with Crippen LogP contribution in [-0.4, -0.2) is 60.3 Å². The third-order valence-corrected chi connectivity index (χ3v) is 9.84. The lowest BCUT2D eigenvalue weighted by Gasteiger charge is -2.28. The van der Waals surface area contributed by atoms with E-state index in [0.29, 0.717) is 21.6 Å². The van der Waals surface area contributed by atoms with Crippen molar-refractivity contribution in [2.75, 3.05) is 34.3 Å². The molecule has 5 rings (SSSR count). The Labute approximate surface area is 270 Å². The monoisotopic (exact) mass is 659 g/mol. The predicted octanol–water partition coefficient (Wildman–Crippen LogP) is 7.66. The summed E-state index contributed by atoms with van der Waals surface area (Å²) >= 11 is 14.1. The van der Waals surface area contributed by atoms with Crippen molar-refractivity contribution in [2.24, 2.45) is 0 Å². The molecule has 1 atom stereocenters. The van der Waals surface area contributed by atoms with Crippen molar-refractivity contribution in [3.63, 3.8) is 0 Å². The van der Waals surface area contributed by atoms with Crippen LogP contribution in [0.5, 0.6) is 5.75 Å². The van der Waals surface area contributed by atoms with Gasteiger partial charge >= 0.3 is 0 Å². The van der Waals surface area contributed by atoms with Crippen LogP contribution in [0.1, 0.15) is 47.4 Å². The number of quaternary nitrogens is 1. The first-order chi connectivity index (χ1) is 20.8. The van der Waals surface area contributed by atoms with Crippen molar-refractivity contribution in [1.82, 2.24) is 14.9 Å². The number of hydrogen-bond donors (Lipinski definition) is 1. The largest absolute Gasteiger partial charge is 0.495 e. The minimum atomic E-state index is -0.580. The van der Waals surface area contributed by atoms with E-state index in [0.717, 1.165) is 35.3 Å². The van der Waals surface area contributed by atoms with Crippen LogP contribution in [0.15, 0.2) is 66.0 Å². The SMILES string of the molecule is COc1cc(C(C)(C)c2cnc(SCc3c(F)cc(C(=O)NC4CC[N+](C)(C)C4)cc3Cl)n2-c2ccc(F)cc2)ccc1Cl. The van der Waals surface area contributed by atoms with E-state index in [9.17, 15) is 9.18 Å². The molecule has 1 aliphatic rings. The summed E-state index contributed by atoms with van der Waals surface area (Å²) in [5.41, 5.74) is 2.33. The predicted molar refractivity (Wildman–Crippen MR) is 172 cm³/mol. The fourth-order valence-corrected chi connectivity index (χ4v) is 7.17. The summed E-state index contributed by atoms with van der Waals surface area (Å²) in [6.07, 6.45) is 2.63. The number of ether oxygens (including phenoxy) is 1. The van der Waals surface area contributed by atoms with Gasteiger partial charge in [-0.15, -0.1) is 0 Å². The van der Waals surface area contributed by atoms with Crippen LogP contribution in [0.2, 0.25) is 10.0 Å². The van der Waals surface area contributed by atoms with Crippen molar-refractivity contribution in [2.45, 2.75) is 42.6 Å². The Kier molecular flexibility index (Phi) is 9.33. The number of halogens is 4. The number of hydrogen-bond acceptors (Lipinski definition) is 4. The van der Waals surface area contributed by atoms with Gasteiger partial charge < -0.3 is 14.5 Å². The molecule has 0 spiro atoms. The van der Waals surface area contributed by atoms with Crippen LogP contribution in [0.4, 0.5) is 8.78 Å².